The molecule has 1 fully saturated rings. The smallest absolute Gasteiger partial charge is 0.279 e. The van der Waals surface area contributed by atoms with Crippen LogP contribution in [0.4, 0.5) is 11.4 Å². The number of H-pyrrole nitrogens is 1. The van der Waals surface area contributed by atoms with Crippen LogP contribution in [0, 0.1) is 18.6 Å². The predicted molar refractivity (Wildman–Crippen MR) is 158 cm³/mol. The van der Waals surface area contributed by atoms with Crippen molar-refractivity contribution in [2.24, 2.45) is 0 Å². The highest BCUT2D eigenvalue weighted by Crippen LogP contribution is 2.54. The van der Waals surface area contributed by atoms with Gasteiger partial charge in [-0.1, -0.05) is 96.6 Å². The number of fused-ring (bicyclic) bond motifs is 2. The third kappa shape index (κ3) is 3.19. The maximum Gasteiger partial charge on any atom is 0.279 e. The molecular formula is C31H27N7OS. The standard InChI is InChI=1S/C31H27N7OS/c1-21-17-19-24(20-18-21)30(23-11-5-3-6-12-23)35-37(25-13-7-4-8-14-25)31(38(30)36-22(2)33-34-29(36)40)26-15-9-10-16-27(26)32-28(31)39/h3-20,35H,1-2H3,(H,32,39)(H,34,40). The lowest BCUT2D eigenvalue weighted by Crippen LogP contribution is -2.64. The monoisotopic (exact) mass is 545 g/mol. The molecule has 0 aliphatic carbocycles. The summed E-state index contributed by atoms with van der Waals surface area (Å²) in [5, 5.41) is 14.6. The molecule has 1 amide bonds. The van der Waals surface area contributed by atoms with Crippen LogP contribution in [0.3, 0.4) is 0 Å². The molecular weight excluding hydrogens is 518 g/mol. The minimum absolute atomic E-state index is 0.211. The van der Waals surface area contributed by atoms with E-state index in [2.05, 4.69) is 69.3 Å². The predicted octanol–water partition coefficient (Wildman–Crippen LogP) is 5.23. The van der Waals surface area contributed by atoms with Crippen LogP contribution in [0.2, 0.25) is 0 Å². The summed E-state index contributed by atoms with van der Waals surface area (Å²) >= 11 is 5.87. The summed E-state index contributed by atoms with van der Waals surface area (Å²) in [7, 11) is 0. The first kappa shape index (κ1) is 24.3. The summed E-state index contributed by atoms with van der Waals surface area (Å²) in [5.41, 5.74) is 6.71. The van der Waals surface area contributed by atoms with E-state index in [0.717, 1.165) is 33.6 Å². The molecule has 4 aromatic carbocycles. The van der Waals surface area contributed by atoms with E-state index in [1.807, 2.05) is 89.4 Å². The molecule has 2 unspecified atom stereocenters. The Morgan fingerprint density at radius 2 is 1.40 bits per heavy atom. The number of hydrogen-bond donors (Lipinski definition) is 3. The minimum Gasteiger partial charge on any atom is -0.322 e. The number of aromatic nitrogens is 3. The molecule has 3 N–H and O–H groups in total. The highest BCUT2D eigenvalue weighted by molar-refractivity contribution is 7.71. The van der Waals surface area contributed by atoms with E-state index in [1.165, 1.54) is 0 Å². The van der Waals surface area contributed by atoms with E-state index in [9.17, 15) is 4.79 Å². The molecule has 8 nitrogen and oxygen atoms in total. The van der Waals surface area contributed by atoms with Crippen molar-refractivity contribution in [3.8, 4) is 0 Å². The number of hydrazine groups is 1. The number of anilines is 2. The molecule has 1 aromatic heterocycles. The van der Waals surface area contributed by atoms with Gasteiger partial charge in [-0.05, 0) is 55.4 Å². The first-order valence-corrected chi connectivity index (χ1v) is 13.5. The molecule has 2 atom stereocenters. The number of aryl methyl sites for hydroxylation is 2. The molecule has 5 aromatic rings. The fourth-order valence-electron chi connectivity index (χ4n) is 6.03. The average molecular weight is 546 g/mol. The molecule has 1 saturated heterocycles. The summed E-state index contributed by atoms with van der Waals surface area (Å²) in [6.07, 6.45) is 0. The second-order valence-electron chi connectivity index (χ2n) is 10.1. The van der Waals surface area contributed by atoms with E-state index < -0.39 is 11.3 Å². The first-order valence-electron chi connectivity index (χ1n) is 13.1. The number of hydrogen-bond acceptors (Lipinski definition) is 6. The van der Waals surface area contributed by atoms with Crippen LogP contribution in [-0.4, -0.2) is 20.8 Å². The SMILES string of the molecule is Cc1ccc(C2(c3ccccc3)NN(c3ccccc3)C3(C(=O)Nc4ccccc43)N2n2c(C)n[nH]c2=S)cc1. The van der Waals surface area contributed by atoms with Gasteiger partial charge in [-0.15, -0.1) is 0 Å². The van der Waals surface area contributed by atoms with Crippen LogP contribution in [0.25, 0.3) is 0 Å². The average Bonchev–Trinajstić information content (AvgIpc) is 3.59. The number of carbonyl (C=O) groups excluding carboxylic acids is 1. The topological polar surface area (TPSA) is 81.2 Å². The molecule has 0 bridgehead atoms. The number of nitrogens with one attached hydrogen (secondary N) is 3. The maximum absolute atomic E-state index is 14.7. The maximum atomic E-state index is 14.7. The molecule has 1 spiro atoms. The van der Waals surface area contributed by atoms with Gasteiger partial charge in [0.05, 0.1) is 5.69 Å². The van der Waals surface area contributed by atoms with Crippen molar-refractivity contribution < 1.29 is 4.79 Å². The third-order valence-corrected chi connectivity index (χ3v) is 8.04. The second kappa shape index (κ2) is 8.90. The van der Waals surface area contributed by atoms with Crippen LogP contribution in [-0.2, 0) is 16.1 Å². The zero-order valence-electron chi connectivity index (χ0n) is 22.0. The number of carbonyl (C=O) groups is 1. The number of rotatable bonds is 4. The second-order valence-corrected chi connectivity index (χ2v) is 10.5. The van der Waals surface area contributed by atoms with Gasteiger partial charge in [-0.3, -0.25) is 14.9 Å². The van der Waals surface area contributed by atoms with Crippen molar-refractivity contribution >= 4 is 29.5 Å². The molecule has 0 radical (unpaired) electrons. The van der Waals surface area contributed by atoms with Crippen molar-refractivity contribution in [3.63, 3.8) is 0 Å². The highest BCUT2D eigenvalue weighted by Gasteiger charge is 2.69. The Morgan fingerprint density at radius 1 is 0.775 bits per heavy atom. The molecule has 2 aliphatic rings. The Bertz CT molecular complexity index is 1780. The van der Waals surface area contributed by atoms with Gasteiger partial charge >= 0.3 is 0 Å². The summed E-state index contributed by atoms with van der Waals surface area (Å²) in [5.74, 6) is 0.406. The quantitative estimate of drug-likeness (QED) is 0.269. The van der Waals surface area contributed by atoms with Crippen molar-refractivity contribution in [1.29, 1.82) is 0 Å². The third-order valence-electron chi connectivity index (χ3n) is 7.78. The zero-order chi connectivity index (χ0) is 27.5. The Morgan fingerprint density at radius 3 is 2.08 bits per heavy atom. The van der Waals surface area contributed by atoms with Gasteiger partial charge in [-0.25, -0.2) is 9.69 Å². The van der Waals surface area contributed by atoms with E-state index >= 15 is 0 Å². The minimum atomic E-state index is -1.40. The number of nitrogens with zero attached hydrogens (tertiary/aromatic N) is 4. The molecule has 9 heteroatoms. The van der Waals surface area contributed by atoms with Crippen molar-refractivity contribution in [3.05, 3.63) is 142 Å². The molecule has 0 saturated carbocycles. The fraction of sp³-hybridized carbons (Fsp3) is 0.129. The number of aromatic amines is 1. The van der Waals surface area contributed by atoms with Crippen LogP contribution in [0.15, 0.2) is 109 Å². The van der Waals surface area contributed by atoms with Gasteiger partial charge < -0.3 is 5.32 Å². The van der Waals surface area contributed by atoms with Crippen molar-refractivity contribution in [2.75, 3.05) is 15.3 Å². The summed E-state index contributed by atoms with van der Waals surface area (Å²) in [6.45, 7) is 3.95. The van der Waals surface area contributed by atoms with Crippen LogP contribution in [0.1, 0.15) is 28.1 Å². The van der Waals surface area contributed by atoms with Crippen LogP contribution in [0.5, 0.6) is 0 Å². The number of benzene rings is 4. The fourth-order valence-corrected chi connectivity index (χ4v) is 6.29. The van der Waals surface area contributed by atoms with Gasteiger partial charge in [0.15, 0.2) is 5.66 Å². The number of para-hydroxylation sites is 2. The lowest BCUT2D eigenvalue weighted by Gasteiger charge is -2.45. The van der Waals surface area contributed by atoms with Crippen molar-refractivity contribution in [2.45, 2.75) is 25.2 Å². The van der Waals surface area contributed by atoms with Crippen LogP contribution < -0.4 is 20.8 Å². The molecule has 198 valence electrons. The zero-order valence-corrected chi connectivity index (χ0v) is 22.8. The lowest BCUT2D eigenvalue weighted by molar-refractivity contribution is -0.121. The van der Waals surface area contributed by atoms with E-state index in [0.29, 0.717) is 10.6 Å². The van der Waals surface area contributed by atoms with Gasteiger partial charge in [0.25, 0.3) is 11.6 Å². The largest absolute Gasteiger partial charge is 0.322 e. The molecule has 7 rings (SSSR count). The van der Waals surface area contributed by atoms with Crippen molar-refractivity contribution in [1.82, 2.24) is 20.3 Å². The molecule has 40 heavy (non-hydrogen) atoms. The Balaban J connectivity index is 1.68. The highest BCUT2D eigenvalue weighted by atomic mass is 32.1. The Hall–Kier alpha value is -4.73. The van der Waals surface area contributed by atoms with E-state index in [4.69, 9.17) is 12.2 Å². The lowest BCUT2D eigenvalue weighted by atomic mass is 9.88. The van der Waals surface area contributed by atoms with Gasteiger partial charge in [-0.2, -0.15) is 10.5 Å². The van der Waals surface area contributed by atoms with Crippen LogP contribution >= 0.6 is 12.2 Å². The van der Waals surface area contributed by atoms with Gasteiger partial charge in [0.1, 0.15) is 5.82 Å². The molecule has 3 heterocycles. The van der Waals surface area contributed by atoms with E-state index in [-0.39, 0.29) is 5.91 Å². The summed E-state index contributed by atoms with van der Waals surface area (Å²) in [6, 6.07) is 36.2. The summed E-state index contributed by atoms with van der Waals surface area (Å²) in [4.78, 5) is 14.7. The van der Waals surface area contributed by atoms with Gasteiger partial charge in [0.2, 0.25) is 4.77 Å². The molecule has 2 aliphatic heterocycles. The number of amides is 1. The summed E-state index contributed by atoms with van der Waals surface area (Å²) < 4.78 is 2.22. The van der Waals surface area contributed by atoms with E-state index in [1.54, 1.807) is 0 Å². The Labute approximate surface area is 236 Å². The Kier molecular flexibility index (Phi) is 5.41. The first-order chi connectivity index (χ1) is 19.5. The van der Waals surface area contributed by atoms with Gasteiger partial charge in [0, 0.05) is 11.3 Å². The normalized spacial score (nSPS) is 21.6.